The first-order valence-electron chi connectivity index (χ1n) is 5.54. The first-order chi connectivity index (χ1) is 8.07. The lowest BCUT2D eigenvalue weighted by molar-refractivity contribution is -0.118. The molecule has 0 saturated heterocycles. The number of oxazole rings is 1. The summed E-state index contributed by atoms with van der Waals surface area (Å²) in [5.41, 5.74) is 7.29. The second kappa shape index (κ2) is 5.36. The maximum absolute atomic E-state index is 11.8. The average molecular weight is 304 g/mol. The first-order valence-corrected chi connectivity index (χ1v) is 5.54. The normalized spacial score (nSPS) is 15.3. The molecule has 1 heterocycles. The Kier molecular flexibility index (Phi) is 4.45. The Morgan fingerprint density at radius 3 is 2.74 bits per heavy atom. The van der Waals surface area contributed by atoms with E-state index in [1.54, 1.807) is 19.1 Å². The van der Waals surface area contributed by atoms with Crippen molar-refractivity contribution >= 4 is 47.5 Å². The fraction of sp³-hybridized carbons (Fsp3) is 0.333. The average Bonchev–Trinajstić information content (AvgIpc) is 2.91. The molecule has 3 N–H and O–H groups in total. The number of carbonyl (C=O) groups excluding carboxylic acids is 1. The molecule has 1 aliphatic carbocycles. The number of amides is 1. The summed E-state index contributed by atoms with van der Waals surface area (Å²) in [5, 5.41) is 2.79. The zero-order chi connectivity index (χ0) is 12.0. The van der Waals surface area contributed by atoms with Crippen LogP contribution in [0.1, 0.15) is 18.7 Å². The minimum atomic E-state index is -0.660. The van der Waals surface area contributed by atoms with E-state index in [0.29, 0.717) is 17.2 Å². The number of halogens is 2. The second-order valence-electron chi connectivity index (χ2n) is 4.53. The summed E-state index contributed by atoms with van der Waals surface area (Å²) in [7, 11) is 0. The smallest absolute Gasteiger partial charge is 0.244 e. The molecular weight excluding hydrogens is 289 g/mol. The van der Waals surface area contributed by atoms with Crippen LogP contribution in [0.25, 0.3) is 11.1 Å². The summed E-state index contributed by atoms with van der Waals surface area (Å²) in [6.07, 6.45) is 1.50. The Morgan fingerprint density at radius 1 is 1.42 bits per heavy atom. The van der Waals surface area contributed by atoms with E-state index in [2.05, 4.69) is 10.3 Å². The van der Waals surface area contributed by atoms with Gasteiger partial charge in [0.05, 0.1) is 5.54 Å². The van der Waals surface area contributed by atoms with Crippen LogP contribution in [-0.4, -0.2) is 16.4 Å². The molecule has 5 nitrogen and oxygen atoms in total. The van der Waals surface area contributed by atoms with Crippen LogP contribution >= 0.6 is 24.8 Å². The van der Waals surface area contributed by atoms with Crippen molar-refractivity contribution in [2.75, 3.05) is 5.32 Å². The number of aryl methyl sites for hydroxylation is 1. The summed E-state index contributed by atoms with van der Waals surface area (Å²) in [5.74, 6) is 0.481. The van der Waals surface area contributed by atoms with Gasteiger partial charge in [-0.1, -0.05) is 0 Å². The molecule has 19 heavy (non-hydrogen) atoms. The SMILES string of the molecule is Cc1nc2ccc(NC(=O)C3(N)CC3)cc2o1.Cl.Cl. The Bertz CT molecular complexity index is 608. The maximum Gasteiger partial charge on any atom is 0.244 e. The van der Waals surface area contributed by atoms with Crippen molar-refractivity contribution in [1.29, 1.82) is 0 Å². The molecule has 2 aromatic rings. The molecule has 0 atom stereocenters. The van der Waals surface area contributed by atoms with Gasteiger partial charge in [-0.3, -0.25) is 4.79 Å². The van der Waals surface area contributed by atoms with Gasteiger partial charge in [0.2, 0.25) is 5.91 Å². The van der Waals surface area contributed by atoms with Crippen molar-refractivity contribution in [2.45, 2.75) is 25.3 Å². The number of hydrogen-bond donors (Lipinski definition) is 2. The standard InChI is InChI=1S/C12H13N3O2.2ClH/c1-7-14-9-3-2-8(6-10(9)17-7)15-11(16)12(13)4-5-12;;/h2-3,6H,4-5,13H2,1H3,(H,15,16);2*1H. The van der Waals surface area contributed by atoms with Crippen LogP contribution in [0.5, 0.6) is 0 Å². The fourth-order valence-electron chi connectivity index (χ4n) is 1.73. The molecule has 1 aliphatic rings. The highest BCUT2D eigenvalue weighted by atomic mass is 35.5. The van der Waals surface area contributed by atoms with E-state index in [1.807, 2.05) is 6.07 Å². The molecule has 0 radical (unpaired) electrons. The van der Waals surface area contributed by atoms with Crippen LogP contribution in [0.2, 0.25) is 0 Å². The van der Waals surface area contributed by atoms with Crippen LogP contribution < -0.4 is 11.1 Å². The third kappa shape index (κ3) is 3.00. The second-order valence-corrected chi connectivity index (χ2v) is 4.53. The van der Waals surface area contributed by atoms with Gasteiger partial charge in [0.1, 0.15) is 5.52 Å². The third-order valence-corrected chi connectivity index (χ3v) is 2.99. The number of nitrogens with zero attached hydrogens (tertiary/aromatic N) is 1. The predicted molar refractivity (Wildman–Crippen MR) is 78.0 cm³/mol. The highest BCUT2D eigenvalue weighted by Gasteiger charge is 2.45. The van der Waals surface area contributed by atoms with Crippen LogP contribution in [-0.2, 0) is 4.79 Å². The van der Waals surface area contributed by atoms with Crippen LogP contribution in [0, 0.1) is 6.92 Å². The van der Waals surface area contributed by atoms with E-state index < -0.39 is 5.54 Å². The van der Waals surface area contributed by atoms with Gasteiger partial charge in [-0.2, -0.15) is 0 Å². The number of anilines is 1. The van der Waals surface area contributed by atoms with E-state index in [4.69, 9.17) is 10.2 Å². The minimum absolute atomic E-state index is 0. The molecule has 0 bridgehead atoms. The van der Waals surface area contributed by atoms with E-state index in [9.17, 15) is 4.79 Å². The zero-order valence-corrected chi connectivity index (χ0v) is 11.9. The Labute approximate surface area is 122 Å². The molecule has 0 spiro atoms. The lowest BCUT2D eigenvalue weighted by Gasteiger charge is -2.09. The van der Waals surface area contributed by atoms with Gasteiger partial charge in [-0.25, -0.2) is 4.98 Å². The molecule has 1 saturated carbocycles. The summed E-state index contributed by atoms with van der Waals surface area (Å²) < 4.78 is 5.40. The van der Waals surface area contributed by atoms with Gasteiger partial charge in [0, 0.05) is 18.7 Å². The predicted octanol–water partition coefficient (Wildman–Crippen LogP) is 2.41. The summed E-state index contributed by atoms with van der Waals surface area (Å²) >= 11 is 0. The van der Waals surface area contributed by atoms with Crippen LogP contribution in [0.3, 0.4) is 0 Å². The fourth-order valence-corrected chi connectivity index (χ4v) is 1.73. The molecular formula is C12H15Cl2N3O2. The topological polar surface area (TPSA) is 81.2 Å². The van der Waals surface area contributed by atoms with Crippen molar-refractivity contribution in [1.82, 2.24) is 4.98 Å². The van der Waals surface area contributed by atoms with Crippen molar-refractivity contribution in [3.8, 4) is 0 Å². The largest absolute Gasteiger partial charge is 0.441 e. The number of carbonyl (C=O) groups is 1. The minimum Gasteiger partial charge on any atom is -0.441 e. The third-order valence-electron chi connectivity index (χ3n) is 2.99. The Balaban J connectivity index is 0.000000902. The van der Waals surface area contributed by atoms with E-state index >= 15 is 0 Å². The van der Waals surface area contributed by atoms with Gasteiger partial charge in [-0.05, 0) is 25.0 Å². The molecule has 1 aromatic carbocycles. The van der Waals surface area contributed by atoms with Gasteiger partial charge in [0.25, 0.3) is 0 Å². The molecule has 0 aliphatic heterocycles. The zero-order valence-electron chi connectivity index (χ0n) is 10.3. The molecule has 1 fully saturated rings. The van der Waals surface area contributed by atoms with Crippen molar-refractivity contribution in [2.24, 2.45) is 5.73 Å². The number of nitrogens with two attached hydrogens (primary N) is 1. The number of rotatable bonds is 2. The molecule has 1 amide bonds. The monoisotopic (exact) mass is 303 g/mol. The Hall–Kier alpha value is -1.30. The van der Waals surface area contributed by atoms with Crippen LogP contribution in [0.15, 0.2) is 22.6 Å². The number of fused-ring (bicyclic) bond motifs is 1. The first kappa shape index (κ1) is 15.8. The van der Waals surface area contributed by atoms with Gasteiger partial charge >= 0.3 is 0 Å². The van der Waals surface area contributed by atoms with Crippen molar-refractivity contribution in [3.63, 3.8) is 0 Å². The molecule has 3 rings (SSSR count). The van der Waals surface area contributed by atoms with Gasteiger partial charge in [-0.15, -0.1) is 24.8 Å². The van der Waals surface area contributed by atoms with Crippen molar-refractivity contribution < 1.29 is 9.21 Å². The lowest BCUT2D eigenvalue weighted by Crippen LogP contribution is -2.37. The van der Waals surface area contributed by atoms with Crippen LogP contribution in [0.4, 0.5) is 5.69 Å². The summed E-state index contributed by atoms with van der Waals surface area (Å²) in [4.78, 5) is 15.9. The van der Waals surface area contributed by atoms with Gasteiger partial charge < -0.3 is 15.5 Å². The summed E-state index contributed by atoms with van der Waals surface area (Å²) in [6.45, 7) is 1.79. The number of hydrogen-bond acceptors (Lipinski definition) is 4. The number of nitrogens with one attached hydrogen (secondary N) is 1. The molecule has 104 valence electrons. The van der Waals surface area contributed by atoms with E-state index in [1.165, 1.54) is 0 Å². The van der Waals surface area contributed by atoms with E-state index in [-0.39, 0.29) is 30.7 Å². The molecule has 0 unspecified atom stereocenters. The highest BCUT2D eigenvalue weighted by molar-refractivity contribution is 6.00. The number of aromatic nitrogens is 1. The lowest BCUT2D eigenvalue weighted by atomic mass is 10.2. The quantitative estimate of drug-likeness (QED) is 0.892. The van der Waals surface area contributed by atoms with Gasteiger partial charge in [0.15, 0.2) is 11.5 Å². The summed E-state index contributed by atoms with van der Waals surface area (Å²) in [6, 6.07) is 5.38. The van der Waals surface area contributed by atoms with Crippen molar-refractivity contribution in [3.05, 3.63) is 24.1 Å². The Morgan fingerprint density at radius 2 is 2.11 bits per heavy atom. The highest BCUT2D eigenvalue weighted by Crippen LogP contribution is 2.33. The molecule has 7 heteroatoms. The molecule has 1 aromatic heterocycles. The number of benzene rings is 1. The van der Waals surface area contributed by atoms with E-state index in [0.717, 1.165) is 18.4 Å². The maximum atomic E-state index is 11.8.